The molecule has 0 aliphatic carbocycles. The summed E-state index contributed by atoms with van der Waals surface area (Å²) in [7, 11) is 1.63. The van der Waals surface area contributed by atoms with Crippen LogP contribution in [0.4, 0.5) is 0 Å². The highest BCUT2D eigenvalue weighted by Gasteiger charge is 2.33. The van der Waals surface area contributed by atoms with Gasteiger partial charge in [0.25, 0.3) is 0 Å². The van der Waals surface area contributed by atoms with Crippen LogP contribution in [-0.2, 0) is 4.79 Å². The molecule has 1 aliphatic heterocycles. The number of piperidine rings is 1. The Morgan fingerprint density at radius 3 is 2.86 bits per heavy atom. The number of carbonyl (C=O) groups excluding carboxylic acids is 1. The first-order valence-electron chi connectivity index (χ1n) is 10.5. The number of carbonyl (C=O) groups is 1. The standard InChI is InChI=1S/C23H33N3O3/c1-16(15-23(2,3)4)13-20(27)26-12-7-6-11-19(26)22-24-21(25-29-22)17-9-8-10-18(14-17)28-5/h8-10,14,16,19H,6-7,11-13,15H2,1-5H3/t16-,19-/m1/s1. The summed E-state index contributed by atoms with van der Waals surface area (Å²) in [5, 5.41) is 4.16. The summed E-state index contributed by atoms with van der Waals surface area (Å²) in [6, 6.07) is 7.45. The smallest absolute Gasteiger partial charge is 0.249 e. The third-order valence-electron chi connectivity index (χ3n) is 5.36. The lowest BCUT2D eigenvalue weighted by molar-refractivity contribution is -0.136. The molecule has 6 nitrogen and oxygen atoms in total. The summed E-state index contributed by atoms with van der Waals surface area (Å²) >= 11 is 0. The van der Waals surface area contributed by atoms with Gasteiger partial charge in [-0.25, -0.2) is 0 Å². The summed E-state index contributed by atoms with van der Waals surface area (Å²) in [6.07, 6.45) is 4.53. The second-order valence-corrected chi connectivity index (χ2v) is 9.36. The van der Waals surface area contributed by atoms with Crippen LogP contribution in [0.2, 0.25) is 0 Å². The van der Waals surface area contributed by atoms with E-state index in [0.29, 0.717) is 24.1 Å². The quantitative estimate of drug-likeness (QED) is 0.662. The van der Waals surface area contributed by atoms with Gasteiger partial charge in [0, 0.05) is 18.5 Å². The van der Waals surface area contributed by atoms with Crippen molar-refractivity contribution in [1.82, 2.24) is 15.0 Å². The Balaban J connectivity index is 1.74. The van der Waals surface area contributed by atoms with Crippen LogP contribution < -0.4 is 4.74 Å². The first-order chi connectivity index (χ1) is 13.8. The van der Waals surface area contributed by atoms with Crippen molar-refractivity contribution in [2.45, 2.75) is 65.8 Å². The van der Waals surface area contributed by atoms with Gasteiger partial charge in [-0.1, -0.05) is 45.0 Å². The predicted molar refractivity (Wildman–Crippen MR) is 112 cm³/mol. The number of aromatic nitrogens is 2. The lowest BCUT2D eigenvalue weighted by atomic mass is 9.84. The largest absolute Gasteiger partial charge is 0.497 e. The van der Waals surface area contributed by atoms with E-state index in [-0.39, 0.29) is 17.4 Å². The van der Waals surface area contributed by atoms with Crippen molar-refractivity contribution in [3.05, 3.63) is 30.2 Å². The van der Waals surface area contributed by atoms with Crippen molar-refractivity contribution >= 4 is 5.91 Å². The van der Waals surface area contributed by atoms with Gasteiger partial charge in [0.05, 0.1) is 7.11 Å². The number of ether oxygens (including phenoxy) is 1. The van der Waals surface area contributed by atoms with Crippen LogP contribution in [0.1, 0.15) is 71.7 Å². The third-order valence-corrected chi connectivity index (χ3v) is 5.36. The second-order valence-electron chi connectivity index (χ2n) is 9.36. The normalized spacial score (nSPS) is 18.5. The number of benzene rings is 1. The van der Waals surface area contributed by atoms with Crippen molar-refractivity contribution in [3.63, 3.8) is 0 Å². The molecule has 0 bridgehead atoms. The van der Waals surface area contributed by atoms with E-state index in [2.05, 4.69) is 37.8 Å². The predicted octanol–water partition coefficient (Wildman–Crippen LogP) is 5.26. The first-order valence-corrected chi connectivity index (χ1v) is 10.5. The van der Waals surface area contributed by atoms with E-state index in [1.165, 1.54) is 0 Å². The Labute approximate surface area is 173 Å². The van der Waals surface area contributed by atoms with Crippen LogP contribution in [0.5, 0.6) is 5.75 Å². The van der Waals surface area contributed by atoms with Gasteiger partial charge < -0.3 is 14.2 Å². The molecule has 0 saturated carbocycles. The first kappa shape index (κ1) is 21.3. The zero-order chi connectivity index (χ0) is 21.0. The monoisotopic (exact) mass is 399 g/mol. The maximum atomic E-state index is 13.1. The molecule has 6 heteroatoms. The molecule has 29 heavy (non-hydrogen) atoms. The van der Waals surface area contributed by atoms with E-state index in [0.717, 1.165) is 43.5 Å². The molecule has 1 fully saturated rings. The maximum absolute atomic E-state index is 13.1. The summed E-state index contributed by atoms with van der Waals surface area (Å²) in [6.45, 7) is 9.57. The Hall–Kier alpha value is -2.37. The van der Waals surface area contributed by atoms with Gasteiger partial charge in [-0.2, -0.15) is 4.98 Å². The van der Waals surface area contributed by atoms with Crippen LogP contribution in [0.15, 0.2) is 28.8 Å². The number of nitrogens with zero attached hydrogens (tertiary/aromatic N) is 3. The van der Waals surface area contributed by atoms with Crippen molar-refractivity contribution < 1.29 is 14.1 Å². The number of amides is 1. The molecule has 0 N–H and O–H groups in total. The third kappa shape index (κ3) is 5.58. The molecular formula is C23H33N3O3. The van der Waals surface area contributed by atoms with E-state index in [1.54, 1.807) is 7.11 Å². The van der Waals surface area contributed by atoms with E-state index in [4.69, 9.17) is 9.26 Å². The molecule has 2 aromatic rings. The van der Waals surface area contributed by atoms with Crippen LogP contribution in [0.3, 0.4) is 0 Å². The van der Waals surface area contributed by atoms with E-state index < -0.39 is 0 Å². The number of methoxy groups -OCH3 is 1. The van der Waals surface area contributed by atoms with Crippen molar-refractivity contribution in [2.75, 3.05) is 13.7 Å². The van der Waals surface area contributed by atoms with E-state index in [1.807, 2.05) is 29.2 Å². The molecule has 1 aliphatic rings. The molecule has 3 rings (SSSR count). The average Bonchev–Trinajstić information content (AvgIpc) is 3.16. The zero-order valence-electron chi connectivity index (χ0n) is 18.3. The van der Waals surface area contributed by atoms with Crippen LogP contribution in [0.25, 0.3) is 11.4 Å². The number of likely N-dealkylation sites (tertiary alicyclic amines) is 1. The van der Waals surface area contributed by atoms with Crippen LogP contribution in [0, 0.1) is 11.3 Å². The lowest BCUT2D eigenvalue weighted by Gasteiger charge is -2.34. The molecule has 158 valence electrons. The fourth-order valence-electron chi connectivity index (χ4n) is 4.27. The van der Waals surface area contributed by atoms with Crippen LogP contribution >= 0.6 is 0 Å². The van der Waals surface area contributed by atoms with Gasteiger partial charge in [-0.15, -0.1) is 0 Å². The second kappa shape index (κ2) is 8.97. The number of rotatable bonds is 6. The van der Waals surface area contributed by atoms with E-state index >= 15 is 0 Å². The molecule has 2 heterocycles. The average molecular weight is 400 g/mol. The minimum atomic E-state index is -0.134. The minimum absolute atomic E-state index is 0.134. The number of hydrogen-bond acceptors (Lipinski definition) is 5. The number of hydrogen-bond donors (Lipinski definition) is 0. The summed E-state index contributed by atoms with van der Waals surface area (Å²) in [5.74, 6) is 2.33. The lowest BCUT2D eigenvalue weighted by Crippen LogP contribution is -2.39. The fourth-order valence-corrected chi connectivity index (χ4v) is 4.27. The van der Waals surface area contributed by atoms with Gasteiger partial charge in [0.1, 0.15) is 11.8 Å². The highest BCUT2D eigenvalue weighted by Crippen LogP contribution is 2.33. The highest BCUT2D eigenvalue weighted by molar-refractivity contribution is 5.77. The van der Waals surface area contributed by atoms with Gasteiger partial charge in [-0.05, 0) is 49.1 Å². The molecule has 1 amide bonds. The maximum Gasteiger partial charge on any atom is 0.249 e. The molecule has 2 atom stereocenters. The zero-order valence-corrected chi connectivity index (χ0v) is 18.3. The van der Waals surface area contributed by atoms with Gasteiger partial charge in [0.15, 0.2) is 0 Å². The van der Waals surface area contributed by atoms with E-state index in [9.17, 15) is 4.79 Å². The fraction of sp³-hybridized carbons (Fsp3) is 0.609. The van der Waals surface area contributed by atoms with Gasteiger partial charge in [-0.3, -0.25) is 4.79 Å². The van der Waals surface area contributed by atoms with Crippen molar-refractivity contribution in [2.24, 2.45) is 11.3 Å². The Kier molecular flexibility index (Phi) is 6.60. The van der Waals surface area contributed by atoms with Gasteiger partial charge in [0.2, 0.25) is 17.6 Å². The molecule has 1 saturated heterocycles. The molecule has 1 aromatic heterocycles. The van der Waals surface area contributed by atoms with Crippen molar-refractivity contribution in [3.8, 4) is 17.1 Å². The molecular weight excluding hydrogens is 366 g/mol. The topological polar surface area (TPSA) is 68.5 Å². The molecule has 0 spiro atoms. The van der Waals surface area contributed by atoms with Crippen molar-refractivity contribution in [1.29, 1.82) is 0 Å². The molecule has 1 aromatic carbocycles. The SMILES string of the molecule is COc1cccc(-c2noc([C@H]3CCCCN3C(=O)C[C@@H](C)CC(C)(C)C)n2)c1. The van der Waals surface area contributed by atoms with Crippen LogP contribution in [-0.4, -0.2) is 34.6 Å². The molecule has 0 unspecified atom stereocenters. The highest BCUT2D eigenvalue weighted by atomic mass is 16.5. The Morgan fingerprint density at radius 2 is 2.14 bits per heavy atom. The molecule has 0 radical (unpaired) electrons. The summed E-state index contributed by atoms with van der Waals surface area (Å²) < 4.78 is 10.9. The Bertz CT molecular complexity index is 825. The summed E-state index contributed by atoms with van der Waals surface area (Å²) in [5.41, 5.74) is 1.06. The summed E-state index contributed by atoms with van der Waals surface area (Å²) in [4.78, 5) is 19.6. The van der Waals surface area contributed by atoms with Gasteiger partial charge >= 0.3 is 0 Å². The Morgan fingerprint density at radius 1 is 1.34 bits per heavy atom. The minimum Gasteiger partial charge on any atom is -0.497 e.